The number of rotatable bonds is 4. The van der Waals surface area contributed by atoms with Crippen molar-refractivity contribution in [2.45, 2.75) is 19.6 Å². The molecular formula is C11H14N2O2S. The first-order chi connectivity index (χ1) is 7.72. The van der Waals surface area contributed by atoms with Gasteiger partial charge in [0.1, 0.15) is 12.0 Å². The largest absolute Gasteiger partial charge is 0.432 e. The SMILES string of the molecule is CC(c1cccs1)N(C)c1nc(CO)co1. The van der Waals surface area contributed by atoms with Gasteiger partial charge in [0.05, 0.1) is 12.6 Å². The number of thiophene rings is 1. The average Bonchev–Trinajstić information content (AvgIpc) is 2.97. The van der Waals surface area contributed by atoms with Crippen LogP contribution in [0.25, 0.3) is 0 Å². The van der Waals surface area contributed by atoms with E-state index in [1.54, 1.807) is 11.3 Å². The Morgan fingerprint density at radius 1 is 1.62 bits per heavy atom. The van der Waals surface area contributed by atoms with E-state index in [2.05, 4.69) is 18.0 Å². The molecule has 0 amide bonds. The van der Waals surface area contributed by atoms with Gasteiger partial charge in [-0.05, 0) is 18.4 Å². The summed E-state index contributed by atoms with van der Waals surface area (Å²) in [5.74, 6) is 0. The van der Waals surface area contributed by atoms with Gasteiger partial charge < -0.3 is 14.4 Å². The first kappa shape index (κ1) is 11.2. The van der Waals surface area contributed by atoms with E-state index in [1.165, 1.54) is 11.1 Å². The summed E-state index contributed by atoms with van der Waals surface area (Å²) in [6, 6.07) is 4.86. The quantitative estimate of drug-likeness (QED) is 0.888. The lowest BCUT2D eigenvalue weighted by molar-refractivity contribution is 0.276. The van der Waals surface area contributed by atoms with Gasteiger partial charge in [-0.15, -0.1) is 11.3 Å². The summed E-state index contributed by atoms with van der Waals surface area (Å²) in [6.45, 7) is 2.00. The van der Waals surface area contributed by atoms with Crippen LogP contribution in [0, 0.1) is 0 Å². The summed E-state index contributed by atoms with van der Waals surface area (Å²) in [4.78, 5) is 7.38. The third-order valence-corrected chi connectivity index (χ3v) is 3.58. The van der Waals surface area contributed by atoms with E-state index < -0.39 is 0 Å². The van der Waals surface area contributed by atoms with Crippen molar-refractivity contribution in [2.24, 2.45) is 0 Å². The summed E-state index contributed by atoms with van der Waals surface area (Å²) in [6.07, 6.45) is 1.48. The van der Waals surface area contributed by atoms with E-state index in [0.717, 1.165) is 0 Å². The number of hydrogen-bond donors (Lipinski definition) is 1. The molecular weight excluding hydrogens is 224 g/mol. The fraction of sp³-hybridized carbons (Fsp3) is 0.364. The third kappa shape index (κ3) is 2.10. The van der Waals surface area contributed by atoms with Crippen molar-refractivity contribution in [3.63, 3.8) is 0 Å². The van der Waals surface area contributed by atoms with Crippen molar-refractivity contribution < 1.29 is 9.52 Å². The van der Waals surface area contributed by atoms with Gasteiger partial charge in [0.25, 0.3) is 6.01 Å². The molecule has 2 heterocycles. The zero-order valence-corrected chi connectivity index (χ0v) is 10.1. The van der Waals surface area contributed by atoms with E-state index in [1.807, 2.05) is 23.4 Å². The molecule has 0 aliphatic rings. The molecule has 2 rings (SSSR count). The maximum Gasteiger partial charge on any atom is 0.297 e. The lowest BCUT2D eigenvalue weighted by Gasteiger charge is -2.21. The zero-order valence-electron chi connectivity index (χ0n) is 9.25. The molecule has 0 bridgehead atoms. The Morgan fingerprint density at radius 3 is 3.00 bits per heavy atom. The van der Waals surface area contributed by atoms with Crippen LogP contribution in [-0.4, -0.2) is 17.1 Å². The van der Waals surface area contributed by atoms with Gasteiger partial charge in [0.2, 0.25) is 0 Å². The summed E-state index contributed by atoms with van der Waals surface area (Å²) < 4.78 is 5.30. The monoisotopic (exact) mass is 238 g/mol. The van der Waals surface area contributed by atoms with Gasteiger partial charge in [-0.2, -0.15) is 4.98 Å². The summed E-state index contributed by atoms with van der Waals surface area (Å²) >= 11 is 1.71. The summed E-state index contributed by atoms with van der Waals surface area (Å²) in [5, 5.41) is 11.0. The smallest absolute Gasteiger partial charge is 0.297 e. The van der Waals surface area contributed by atoms with E-state index in [-0.39, 0.29) is 12.6 Å². The number of aromatic nitrogens is 1. The minimum Gasteiger partial charge on any atom is -0.432 e. The van der Waals surface area contributed by atoms with Gasteiger partial charge >= 0.3 is 0 Å². The first-order valence-electron chi connectivity index (χ1n) is 5.04. The van der Waals surface area contributed by atoms with Gasteiger partial charge in [-0.1, -0.05) is 6.07 Å². The molecule has 1 N–H and O–H groups in total. The maximum atomic E-state index is 8.92. The number of aliphatic hydroxyl groups excluding tert-OH is 1. The number of oxazole rings is 1. The second kappa shape index (κ2) is 4.67. The maximum absolute atomic E-state index is 8.92. The molecule has 0 spiro atoms. The molecule has 2 aromatic rings. The van der Waals surface area contributed by atoms with Crippen LogP contribution in [0.1, 0.15) is 23.5 Å². The second-order valence-corrected chi connectivity index (χ2v) is 4.56. The number of aliphatic hydroxyl groups is 1. The summed E-state index contributed by atoms with van der Waals surface area (Å²) in [7, 11) is 1.93. The van der Waals surface area contributed by atoms with E-state index in [0.29, 0.717) is 11.7 Å². The normalized spacial score (nSPS) is 12.7. The lowest BCUT2D eigenvalue weighted by Crippen LogP contribution is -2.21. The minimum absolute atomic E-state index is 0.0925. The molecule has 1 atom stereocenters. The van der Waals surface area contributed by atoms with Crippen LogP contribution < -0.4 is 4.90 Å². The van der Waals surface area contributed by atoms with Crippen molar-refractivity contribution >= 4 is 17.4 Å². The molecule has 1 unspecified atom stereocenters. The Bertz CT molecular complexity index is 439. The average molecular weight is 238 g/mol. The molecule has 0 saturated carbocycles. The van der Waals surface area contributed by atoms with Crippen LogP contribution >= 0.6 is 11.3 Å². The van der Waals surface area contributed by atoms with E-state index in [9.17, 15) is 0 Å². The zero-order chi connectivity index (χ0) is 11.5. The fourth-order valence-corrected chi connectivity index (χ4v) is 2.24. The molecule has 0 aliphatic carbocycles. The molecule has 0 saturated heterocycles. The molecule has 0 aromatic carbocycles. The molecule has 16 heavy (non-hydrogen) atoms. The highest BCUT2D eigenvalue weighted by molar-refractivity contribution is 7.10. The van der Waals surface area contributed by atoms with Crippen molar-refractivity contribution in [2.75, 3.05) is 11.9 Å². The second-order valence-electron chi connectivity index (χ2n) is 3.58. The van der Waals surface area contributed by atoms with Crippen LogP contribution in [0.4, 0.5) is 6.01 Å². The Balaban J connectivity index is 2.15. The first-order valence-corrected chi connectivity index (χ1v) is 5.92. The minimum atomic E-state index is -0.0925. The van der Waals surface area contributed by atoms with Gasteiger partial charge in [0.15, 0.2) is 0 Å². The van der Waals surface area contributed by atoms with Gasteiger partial charge in [0, 0.05) is 11.9 Å². The van der Waals surface area contributed by atoms with Crippen molar-refractivity contribution in [1.29, 1.82) is 0 Å². The molecule has 0 radical (unpaired) electrons. The van der Waals surface area contributed by atoms with Crippen LogP contribution in [0.15, 0.2) is 28.2 Å². The Kier molecular flexibility index (Phi) is 3.26. The van der Waals surface area contributed by atoms with Crippen molar-refractivity contribution in [3.8, 4) is 0 Å². The Morgan fingerprint density at radius 2 is 2.44 bits per heavy atom. The number of hydrogen-bond acceptors (Lipinski definition) is 5. The molecule has 0 fully saturated rings. The molecule has 86 valence electrons. The predicted molar refractivity (Wildman–Crippen MR) is 63.6 cm³/mol. The molecule has 0 aliphatic heterocycles. The predicted octanol–water partition coefficient (Wildman–Crippen LogP) is 2.43. The summed E-state index contributed by atoms with van der Waals surface area (Å²) in [5.41, 5.74) is 0.556. The van der Waals surface area contributed by atoms with Crippen LogP contribution in [0.3, 0.4) is 0 Å². The number of anilines is 1. The Labute approximate surface area is 98.2 Å². The highest BCUT2D eigenvalue weighted by Gasteiger charge is 2.17. The van der Waals surface area contributed by atoms with Gasteiger partial charge in [-0.3, -0.25) is 0 Å². The number of nitrogens with zero attached hydrogens (tertiary/aromatic N) is 2. The van der Waals surface area contributed by atoms with E-state index >= 15 is 0 Å². The highest BCUT2D eigenvalue weighted by atomic mass is 32.1. The Hall–Kier alpha value is -1.33. The van der Waals surface area contributed by atoms with Crippen molar-refractivity contribution in [1.82, 2.24) is 4.98 Å². The van der Waals surface area contributed by atoms with Crippen LogP contribution in [-0.2, 0) is 6.61 Å². The molecule has 2 aromatic heterocycles. The molecule has 4 nitrogen and oxygen atoms in total. The van der Waals surface area contributed by atoms with Crippen LogP contribution in [0.5, 0.6) is 0 Å². The highest BCUT2D eigenvalue weighted by Crippen LogP contribution is 2.27. The van der Waals surface area contributed by atoms with E-state index in [4.69, 9.17) is 9.52 Å². The lowest BCUT2D eigenvalue weighted by atomic mass is 10.2. The fourth-order valence-electron chi connectivity index (χ4n) is 1.42. The van der Waals surface area contributed by atoms with Crippen molar-refractivity contribution in [3.05, 3.63) is 34.3 Å². The third-order valence-electron chi connectivity index (χ3n) is 2.54. The topological polar surface area (TPSA) is 49.5 Å². The molecule has 5 heteroatoms. The van der Waals surface area contributed by atoms with Gasteiger partial charge in [-0.25, -0.2) is 0 Å². The standard InChI is InChI=1S/C11H14N2O2S/c1-8(10-4-3-5-16-10)13(2)11-12-9(6-14)7-15-11/h3-5,7-8,14H,6H2,1-2H3. The van der Waals surface area contributed by atoms with Crippen LogP contribution in [0.2, 0.25) is 0 Å².